The second-order valence-corrected chi connectivity index (χ2v) is 5.65. The van der Waals surface area contributed by atoms with Crippen molar-refractivity contribution in [2.75, 3.05) is 0 Å². The van der Waals surface area contributed by atoms with E-state index in [1.165, 1.54) is 6.20 Å². The molecule has 18 heavy (non-hydrogen) atoms. The van der Waals surface area contributed by atoms with E-state index in [0.29, 0.717) is 10.5 Å². The standard InChI is InChI=1S/C14H14ClNO2/c1-14(2,3)11-8-5-4-6-10(15)12(8)16-7-9(11)13(17)18/h4-7H,1-3H3,(H,17,18). The first-order chi connectivity index (χ1) is 8.32. The summed E-state index contributed by atoms with van der Waals surface area (Å²) in [5.41, 5.74) is 1.36. The van der Waals surface area contributed by atoms with E-state index in [1.54, 1.807) is 6.07 Å². The van der Waals surface area contributed by atoms with E-state index in [1.807, 2.05) is 32.9 Å². The molecule has 4 heteroatoms. The van der Waals surface area contributed by atoms with Crippen LogP contribution in [0.25, 0.3) is 10.9 Å². The molecular formula is C14H14ClNO2. The van der Waals surface area contributed by atoms with Gasteiger partial charge >= 0.3 is 5.97 Å². The van der Waals surface area contributed by atoms with Crippen molar-refractivity contribution in [1.29, 1.82) is 0 Å². The Labute approximate surface area is 110 Å². The summed E-state index contributed by atoms with van der Waals surface area (Å²) in [5, 5.41) is 10.6. The minimum absolute atomic E-state index is 0.234. The van der Waals surface area contributed by atoms with Crippen molar-refractivity contribution in [2.24, 2.45) is 0 Å². The SMILES string of the molecule is CC(C)(C)c1c(C(=O)O)cnc2c(Cl)cccc12. The van der Waals surface area contributed by atoms with Crippen molar-refractivity contribution in [3.8, 4) is 0 Å². The number of aromatic nitrogens is 1. The molecule has 0 aliphatic heterocycles. The van der Waals surface area contributed by atoms with Crippen molar-refractivity contribution >= 4 is 28.5 Å². The number of carbonyl (C=O) groups is 1. The first-order valence-corrected chi connectivity index (χ1v) is 6.01. The molecule has 0 bridgehead atoms. The lowest BCUT2D eigenvalue weighted by molar-refractivity contribution is 0.0694. The van der Waals surface area contributed by atoms with Crippen LogP contribution in [0.2, 0.25) is 5.02 Å². The molecule has 0 saturated heterocycles. The zero-order valence-electron chi connectivity index (χ0n) is 10.5. The molecule has 0 fully saturated rings. The summed E-state index contributed by atoms with van der Waals surface area (Å²) in [5.74, 6) is -0.964. The normalized spacial score (nSPS) is 11.8. The van der Waals surface area contributed by atoms with Crippen molar-refractivity contribution in [2.45, 2.75) is 26.2 Å². The summed E-state index contributed by atoms with van der Waals surface area (Å²) in [6, 6.07) is 5.43. The Hall–Kier alpha value is -1.61. The van der Waals surface area contributed by atoms with Gasteiger partial charge in [0.25, 0.3) is 0 Å². The van der Waals surface area contributed by atoms with Gasteiger partial charge in [-0.25, -0.2) is 4.79 Å². The smallest absolute Gasteiger partial charge is 0.337 e. The molecule has 94 valence electrons. The molecule has 0 unspecified atom stereocenters. The topological polar surface area (TPSA) is 50.2 Å². The number of halogens is 1. The van der Waals surface area contributed by atoms with Crippen LogP contribution in [-0.4, -0.2) is 16.1 Å². The predicted octanol–water partition coefficient (Wildman–Crippen LogP) is 3.88. The molecule has 1 heterocycles. The summed E-state index contributed by atoms with van der Waals surface area (Å²) < 4.78 is 0. The number of aromatic carboxylic acids is 1. The Morgan fingerprint density at radius 2 is 2.00 bits per heavy atom. The largest absolute Gasteiger partial charge is 0.478 e. The van der Waals surface area contributed by atoms with Crippen LogP contribution in [0.15, 0.2) is 24.4 Å². The molecule has 0 aliphatic carbocycles. The third kappa shape index (κ3) is 2.06. The van der Waals surface area contributed by atoms with Gasteiger partial charge in [-0.05, 0) is 17.0 Å². The first kappa shape index (κ1) is 12.8. The third-order valence-electron chi connectivity index (χ3n) is 2.83. The van der Waals surface area contributed by atoms with Gasteiger partial charge in [-0.2, -0.15) is 0 Å². The number of para-hydroxylation sites is 1. The third-order valence-corrected chi connectivity index (χ3v) is 3.13. The fourth-order valence-electron chi connectivity index (χ4n) is 2.16. The molecule has 0 radical (unpaired) electrons. The number of pyridine rings is 1. The molecular weight excluding hydrogens is 250 g/mol. The lowest BCUT2D eigenvalue weighted by atomic mass is 9.82. The number of hydrogen-bond donors (Lipinski definition) is 1. The predicted molar refractivity (Wildman–Crippen MR) is 72.4 cm³/mol. The molecule has 3 nitrogen and oxygen atoms in total. The van der Waals surface area contributed by atoms with E-state index in [0.717, 1.165) is 10.9 Å². The van der Waals surface area contributed by atoms with Gasteiger partial charge in [-0.3, -0.25) is 4.98 Å². The number of carboxylic acids is 1. The molecule has 0 atom stereocenters. The van der Waals surface area contributed by atoms with Crippen molar-refractivity contribution < 1.29 is 9.90 Å². The maximum atomic E-state index is 11.3. The van der Waals surface area contributed by atoms with Crippen LogP contribution in [0.3, 0.4) is 0 Å². The van der Waals surface area contributed by atoms with Crippen molar-refractivity contribution in [1.82, 2.24) is 4.98 Å². The van der Waals surface area contributed by atoms with E-state index < -0.39 is 5.97 Å². The van der Waals surface area contributed by atoms with Crippen LogP contribution in [0.5, 0.6) is 0 Å². The van der Waals surface area contributed by atoms with Crippen molar-refractivity contribution in [3.63, 3.8) is 0 Å². The fourth-order valence-corrected chi connectivity index (χ4v) is 2.38. The van der Waals surface area contributed by atoms with Gasteiger partial charge < -0.3 is 5.11 Å². The van der Waals surface area contributed by atoms with E-state index >= 15 is 0 Å². The molecule has 1 N–H and O–H groups in total. The van der Waals surface area contributed by atoms with Gasteiger partial charge in [0, 0.05) is 11.6 Å². The zero-order valence-corrected chi connectivity index (χ0v) is 11.2. The maximum Gasteiger partial charge on any atom is 0.337 e. The Bertz CT molecular complexity index is 629. The summed E-state index contributed by atoms with van der Waals surface area (Å²) in [6.07, 6.45) is 1.39. The van der Waals surface area contributed by atoms with E-state index in [4.69, 9.17) is 11.6 Å². The maximum absolute atomic E-state index is 11.3. The second-order valence-electron chi connectivity index (χ2n) is 5.24. The Kier molecular flexibility index (Phi) is 3.03. The average Bonchev–Trinajstić information content (AvgIpc) is 2.26. The average molecular weight is 264 g/mol. The van der Waals surface area contributed by atoms with Gasteiger partial charge in [0.15, 0.2) is 0 Å². The first-order valence-electron chi connectivity index (χ1n) is 5.63. The van der Waals surface area contributed by atoms with Gasteiger partial charge in [-0.15, -0.1) is 0 Å². The number of benzene rings is 1. The van der Waals surface area contributed by atoms with Crippen LogP contribution in [0.4, 0.5) is 0 Å². The molecule has 0 saturated carbocycles. The molecule has 2 aromatic rings. The van der Waals surface area contributed by atoms with Crippen LogP contribution >= 0.6 is 11.6 Å². The molecule has 2 rings (SSSR count). The van der Waals surface area contributed by atoms with Crippen LogP contribution < -0.4 is 0 Å². The summed E-state index contributed by atoms with van der Waals surface area (Å²) in [6.45, 7) is 5.94. The van der Waals surface area contributed by atoms with Crippen LogP contribution in [0.1, 0.15) is 36.7 Å². The van der Waals surface area contributed by atoms with Gasteiger partial charge in [0.05, 0.1) is 16.1 Å². The van der Waals surface area contributed by atoms with Gasteiger partial charge in [0.1, 0.15) is 0 Å². The van der Waals surface area contributed by atoms with Gasteiger partial charge in [-0.1, -0.05) is 44.5 Å². The van der Waals surface area contributed by atoms with Crippen LogP contribution in [-0.2, 0) is 5.41 Å². The monoisotopic (exact) mass is 263 g/mol. The minimum Gasteiger partial charge on any atom is -0.478 e. The number of nitrogens with zero attached hydrogens (tertiary/aromatic N) is 1. The zero-order chi connectivity index (χ0) is 13.5. The lowest BCUT2D eigenvalue weighted by Crippen LogP contribution is -2.18. The second kappa shape index (κ2) is 4.25. The quantitative estimate of drug-likeness (QED) is 0.849. The van der Waals surface area contributed by atoms with E-state index in [9.17, 15) is 9.90 Å². The number of fused-ring (bicyclic) bond motifs is 1. The highest BCUT2D eigenvalue weighted by Gasteiger charge is 2.25. The fraction of sp³-hybridized carbons (Fsp3) is 0.286. The molecule has 1 aromatic heterocycles. The number of rotatable bonds is 1. The van der Waals surface area contributed by atoms with E-state index in [-0.39, 0.29) is 11.0 Å². The highest BCUT2D eigenvalue weighted by molar-refractivity contribution is 6.35. The van der Waals surface area contributed by atoms with Crippen LogP contribution in [0, 0.1) is 0 Å². The lowest BCUT2D eigenvalue weighted by Gasteiger charge is -2.23. The van der Waals surface area contributed by atoms with E-state index in [2.05, 4.69) is 4.98 Å². The molecule has 0 spiro atoms. The Morgan fingerprint density at radius 1 is 1.33 bits per heavy atom. The Balaban J connectivity index is 2.95. The highest BCUT2D eigenvalue weighted by Crippen LogP contribution is 2.34. The Morgan fingerprint density at radius 3 is 2.56 bits per heavy atom. The summed E-state index contributed by atoms with van der Waals surface area (Å²) >= 11 is 6.10. The minimum atomic E-state index is -0.964. The highest BCUT2D eigenvalue weighted by atomic mass is 35.5. The van der Waals surface area contributed by atoms with Crippen molar-refractivity contribution in [3.05, 3.63) is 40.5 Å². The number of hydrogen-bond acceptors (Lipinski definition) is 2. The van der Waals surface area contributed by atoms with Gasteiger partial charge in [0.2, 0.25) is 0 Å². The summed E-state index contributed by atoms with van der Waals surface area (Å²) in [4.78, 5) is 15.5. The molecule has 0 aliphatic rings. The number of carboxylic acid groups (broad SMARTS) is 1. The molecule has 0 amide bonds. The molecule has 1 aromatic carbocycles. The summed E-state index contributed by atoms with van der Waals surface area (Å²) in [7, 11) is 0.